The lowest BCUT2D eigenvalue weighted by Gasteiger charge is -2.39. The number of aliphatic hydroxyl groups excluding tert-OH is 3. The normalized spacial score (nSPS) is 28.6. The number of nitrogens with two attached hydrogens (primary N) is 2. The summed E-state index contributed by atoms with van der Waals surface area (Å²) in [6.45, 7) is 1.38. The van der Waals surface area contributed by atoms with E-state index in [0.29, 0.717) is 16.9 Å². The molecular formula is C18H22N6O4. The van der Waals surface area contributed by atoms with E-state index in [-0.39, 0.29) is 5.82 Å². The molecule has 0 amide bonds. The van der Waals surface area contributed by atoms with Crippen molar-refractivity contribution < 1.29 is 20.1 Å². The van der Waals surface area contributed by atoms with Crippen LogP contribution in [0.5, 0.6) is 0 Å². The van der Waals surface area contributed by atoms with Crippen molar-refractivity contribution in [1.82, 2.24) is 19.5 Å². The van der Waals surface area contributed by atoms with E-state index in [0.717, 1.165) is 5.56 Å². The highest BCUT2D eigenvalue weighted by Crippen LogP contribution is 2.47. The molecule has 1 fully saturated rings. The van der Waals surface area contributed by atoms with Crippen LogP contribution in [0, 0.1) is 0 Å². The van der Waals surface area contributed by atoms with Crippen LogP contribution in [0.15, 0.2) is 36.9 Å². The van der Waals surface area contributed by atoms with Crippen molar-refractivity contribution in [3.05, 3.63) is 42.5 Å². The van der Waals surface area contributed by atoms with Gasteiger partial charge in [-0.15, -0.1) is 0 Å². The average molecular weight is 386 g/mol. The molecule has 1 saturated heterocycles. The van der Waals surface area contributed by atoms with Gasteiger partial charge in [0.05, 0.1) is 12.9 Å². The van der Waals surface area contributed by atoms with Gasteiger partial charge < -0.3 is 31.5 Å². The molecule has 4 rings (SSSR count). The minimum atomic E-state index is -1.49. The number of ether oxygens (including phenoxy) is 1. The molecule has 28 heavy (non-hydrogen) atoms. The van der Waals surface area contributed by atoms with Crippen molar-refractivity contribution in [3.8, 4) is 0 Å². The van der Waals surface area contributed by atoms with E-state index < -0.39 is 36.6 Å². The summed E-state index contributed by atoms with van der Waals surface area (Å²) in [4.78, 5) is 12.4. The van der Waals surface area contributed by atoms with Crippen LogP contribution in [-0.4, -0.2) is 59.8 Å². The fourth-order valence-electron chi connectivity index (χ4n) is 3.87. The molecule has 0 saturated carbocycles. The molecule has 148 valence electrons. The molecule has 0 aliphatic carbocycles. The number of benzene rings is 1. The highest BCUT2D eigenvalue weighted by molar-refractivity contribution is 5.81. The molecule has 7 N–H and O–H groups in total. The molecule has 1 aromatic carbocycles. The van der Waals surface area contributed by atoms with Gasteiger partial charge >= 0.3 is 0 Å². The summed E-state index contributed by atoms with van der Waals surface area (Å²) < 4.78 is 7.65. The average Bonchev–Trinajstić information content (AvgIpc) is 3.24. The zero-order valence-electron chi connectivity index (χ0n) is 15.2. The molecule has 3 heterocycles. The van der Waals surface area contributed by atoms with E-state index in [1.807, 2.05) is 19.1 Å². The van der Waals surface area contributed by atoms with Gasteiger partial charge in [0, 0.05) is 11.6 Å². The summed E-state index contributed by atoms with van der Waals surface area (Å²) in [6, 6.07) is 7.12. The van der Waals surface area contributed by atoms with Crippen molar-refractivity contribution in [2.45, 2.75) is 36.9 Å². The zero-order chi connectivity index (χ0) is 20.1. The molecule has 2 aromatic heterocycles. The van der Waals surface area contributed by atoms with Gasteiger partial charge in [0.15, 0.2) is 17.2 Å². The number of fused-ring (bicyclic) bond motifs is 1. The van der Waals surface area contributed by atoms with Crippen molar-refractivity contribution in [3.63, 3.8) is 0 Å². The Balaban J connectivity index is 1.94. The van der Waals surface area contributed by atoms with E-state index in [9.17, 15) is 15.3 Å². The second-order valence-corrected chi connectivity index (χ2v) is 6.96. The van der Waals surface area contributed by atoms with Crippen LogP contribution < -0.4 is 11.5 Å². The molecule has 10 nitrogen and oxygen atoms in total. The summed E-state index contributed by atoms with van der Waals surface area (Å²) in [5, 5.41) is 31.2. The number of aromatic nitrogens is 4. The SMILES string of the molecule is CC(c1ccc(N)cc1)[C@@]1(n2cnc3c(N)ncnc32)O[C@H](CO)[C@@H](O)[C@H]1O. The van der Waals surface area contributed by atoms with Crippen LogP contribution in [-0.2, 0) is 10.5 Å². The molecule has 3 aromatic rings. The monoisotopic (exact) mass is 386 g/mol. The Morgan fingerprint density at radius 3 is 2.54 bits per heavy atom. The van der Waals surface area contributed by atoms with E-state index in [1.54, 1.807) is 16.7 Å². The van der Waals surface area contributed by atoms with Gasteiger partial charge in [0.2, 0.25) is 0 Å². The maximum atomic E-state index is 11.1. The number of hydrogen-bond acceptors (Lipinski definition) is 9. The van der Waals surface area contributed by atoms with Crippen LogP contribution in [0.25, 0.3) is 11.2 Å². The fraction of sp³-hybridized carbons (Fsp3) is 0.389. The second-order valence-electron chi connectivity index (χ2n) is 6.96. The minimum absolute atomic E-state index is 0.186. The molecule has 1 unspecified atom stereocenters. The van der Waals surface area contributed by atoms with Crippen LogP contribution in [0.1, 0.15) is 18.4 Å². The molecule has 0 spiro atoms. The number of hydrogen-bond donors (Lipinski definition) is 5. The summed E-state index contributed by atoms with van der Waals surface area (Å²) in [5.41, 5.74) is 12.3. The summed E-state index contributed by atoms with van der Waals surface area (Å²) in [7, 11) is 0. The molecule has 1 aliphatic rings. The quantitative estimate of drug-likeness (QED) is 0.374. The van der Waals surface area contributed by atoms with Gasteiger partial charge in [-0.1, -0.05) is 19.1 Å². The number of aliphatic hydroxyl groups is 3. The Kier molecular flexibility index (Phi) is 4.42. The van der Waals surface area contributed by atoms with Gasteiger partial charge in [-0.25, -0.2) is 15.0 Å². The van der Waals surface area contributed by atoms with Gasteiger partial charge in [-0.3, -0.25) is 4.57 Å². The number of nitrogen functional groups attached to an aromatic ring is 2. The Hall–Kier alpha value is -2.79. The Labute approximate surface area is 160 Å². The van der Waals surface area contributed by atoms with E-state index >= 15 is 0 Å². The van der Waals surface area contributed by atoms with E-state index in [2.05, 4.69) is 15.0 Å². The van der Waals surface area contributed by atoms with E-state index in [1.165, 1.54) is 12.7 Å². The molecular weight excluding hydrogens is 364 g/mol. The zero-order valence-corrected chi connectivity index (χ0v) is 15.2. The van der Waals surface area contributed by atoms with E-state index in [4.69, 9.17) is 16.2 Å². The number of anilines is 2. The smallest absolute Gasteiger partial charge is 0.183 e. The maximum absolute atomic E-state index is 11.1. The highest BCUT2D eigenvalue weighted by atomic mass is 16.6. The number of nitrogens with zero attached hydrogens (tertiary/aromatic N) is 4. The first-order valence-electron chi connectivity index (χ1n) is 8.84. The van der Waals surface area contributed by atoms with Crippen molar-refractivity contribution in [1.29, 1.82) is 0 Å². The van der Waals surface area contributed by atoms with Crippen LogP contribution in [0.2, 0.25) is 0 Å². The molecule has 0 bridgehead atoms. The third-order valence-corrected chi connectivity index (χ3v) is 5.44. The Bertz CT molecular complexity index is 993. The molecule has 10 heteroatoms. The lowest BCUT2D eigenvalue weighted by atomic mass is 9.85. The predicted molar refractivity (Wildman–Crippen MR) is 101 cm³/mol. The molecule has 0 radical (unpaired) electrons. The Morgan fingerprint density at radius 2 is 1.89 bits per heavy atom. The van der Waals surface area contributed by atoms with Crippen molar-refractivity contribution >= 4 is 22.7 Å². The second kappa shape index (κ2) is 6.67. The third-order valence-electron chi connectivity index (χ3n) is 5.44. The topological polar surface area (TPSA) is 166 Å². The number of rotatable bonds is 4. The lowest BCUT2D eigenvalue weighted by molar-refractivity contribution is -0.159. The van der Waals surface area contributed by atoms with Crippen LogP contribution in [0.3, 0.4) is 0 Å². The van der Waals surface area contributed by atoms with Gasteiger partial charge in [0.25, 0.3) is 0 Å². The lowest BCUT2D eigenvalue weighted by Crippen LogP contribution is -2.49. The first-order valence-corrected chi connectivity index (χ1v) is 8.84. The van der Waals surface area contributed by atoms with Crippen LogP contribution >= 0.6 is 0 Å². The molecule has 1 aliphatic heterocycles. The van der Waals surface area contributed by atoms with Gasteiger partial charge in [-0.05, 0) is 17.7 Å². The highest BCUT2D eigenvalue weighted by Gasteiger charge is 2.59. The number of imidazole rings is 1. The Morgan fingerprint density at radius 1 is 1.18 bits per heavy atom. The molecule has 5 atom stereocenters. The first-order chi connectivity index (χ1) is 13.4. The predicted octanol–water partition coefficient (Wildman–Crippen LogP) is -0.440. The largest absolute Gasteiger partial charge is 0.399 e. The minimum Gasteiger partial charge on any atom is -0.399 e. The van der Waals surface area contributed by atoms with Gasteiger partial charge in [-0.2, -0.15) is 0 Å². The van der Waals surface area contributed by atoms with Crippen molar-refractivity contribution in [2.24, 2.45) is 0 Å². The third kappa shape index (κ3) is 2.53. The van der Waals surface area contributed by atoms with Gasteiger partial charge in [0.1, 0.15) is 30.2 Å². The fourth-order valence-corrected chi connectivity index (χ4v) is 3.87. The summed E-state index contributed by atoms with van der Waals surface area (Å²) in [5.74, 6) is -0.284. The standard InChI is InChI=1S/C18H22N6O4/c1-9(10-2-4-11(19)5-3-10)18(15(27)14(26)12(6-25)28-18)24-8-23-13-16(20)21-7-22-17(13)24/h2-5,7-9,12,14-15,25-27H,6,19H2,1H3,(H2,20,21,22)/t9?,12-,14-,15-,18-/m1/s1. The summed E-state index contributed by atoms with van der Waals surface area (Å²) >= 11 is 0. The first kappa shape index (κ1) is 18.6. The van der Waals surface area contributed by atoms with Crippen molar-refractivity contribution in [2.75, 3.05) is 18.1 Å². The summed E-state index contributed by atoms with van der Waals surface area (Å²) in [6.07, 6.45) is -0.927. The van der Waals surface area contributed by atoms with Crippen LogP contribution in [0.4, 0.5) is 11.5 Å². The maximum Gasteiger partial charge on any atom is 0.183 e.